The fourth-order valence-electron chi connectivity index (χ4n) is 2.04. The average molecular weight is 295 g/mol. The number of ether oxygens (including phenoxy) is 2. The molecule has 0 saturated carbocycles. The second-order valence-corrected chi connectivity index (χ2v) is 6.85. The maximum Gasteiger partial charge on any atom is 0.324 e. The highest BCUT2D eigenvalue weighted by atomic mass is 32.2. The molecule has 0 aromatic heterocycles. The molecule has 1 aromatic rings. The van der Waals surface area contributed by atoms with Crippen LogP contribution in [0.15, 0.2) is 24.3 Å². The first-order valence-electron chi connectivity index (χ1n) is 6.64. The molecule has 0 bridgehead atoms. The Morgan fingerprint density at radius 3 is 2.70 bits per heavy atom. The van der Waals surface area contributed by atoms with Gasteiger partial charge in [0.1, 0.15) is 17.4 Å². The van der Waals surface area contributed by atoms with E-state index in [0.29, 0.717) is 5.75 Å². The van der Waals surface area contributed by atoms with Gasteiger partial charge in [0.2, 0.25) is 0 Å². The van der Waals surface area contributed by atoms with Crippen LogP contribution in [0.4, 0.5) is 0 Å². The molecule has 0 spiro atoms. The largest absolute Gasteiger partial charge is 0.496 e. The van der Waals surface area contributed by atoms with Crippen molar-refractivity contribution >= 4 is 17.7 Å². The summed E-state index contributed by atoms with van der Waals surface area (Å²) in [4.78, 5) is 12.1. The number of thioether (sulfide) groups is 1. The number of methoxy groups -OCH3 is 1. The molecule has 20 heavy (non-hydrogen) atoms. The van der Waals surface area contributed by atoms with Crippen LogP contribution >= 0.6 is 11.8 Å². The number of hydrogen-bond acceptors (Lipinski definition) is 5. The van der Waals surface area contributed by atoms with E-state index in [1.807, 2.05) is 45.0 Å². The highest BCUT2D eigenvalue weighted by molar-refractivity contribution is 7.99. The first-order chi connectivity index (χ1) is 9.40. The zero-order chi connectivity index (χ0) is 14.8. The van der Waals surface area contributed by atoms with Gasteiger partial charge in [-0.15, -0.1) is 11.8 Å². The molecule has 1 aromatic carbocycles. The Labute approximate surface area is 124 Å². The maximum atomic E-state index is 12.1. The molecule has 4 nitrogen and oxygen atoms in total. The minimum Gasteiger partial charge on any atom is -0.496 e. The number of nitrogens with one attached hydrogen (secondary N) is 1. The van der Waals surface area contributed by atoms with Crippen LogP contribution in [0.5, 0.6) is 5.75 Å². The van der Waals surface area contributed by atoms with Crippen molar-refractivity contribution in [3.05, 3.63) is 29.8 Å². The summed E-state index contributed by atoms with van der Waals surface area (Å²) < 4.78 is 10.8. The van der Waals surface area contributed by atoms with Crippen LogP contribution < -0.4 is 10.1 Å². The third-order valence-corrected chi connectivity index (χ3v) is 4.14. The average Bonchev–Trinajstić information content (AvgIpc) is 2.86. The molecule has 2 rings (SSSR count). The summed E-state index contributed by atoms with van der Waals surface area (Å²) in [5.41, 5.74) is 0.609. The summed E-state index contributed by atoms with van der Waals surface area (Å²) in [6.07, 6.45) is 0. The maximum absolute atomic E-state index is 12.1. The van der Waals surface area contributed by atoms with E-state index in [1.165, 1.54) is 0 Å². The Morgan fingerprint density at radius 1 is 1.35 bits per heavy atom. The number of rotatable bonds is 3. The van der Waals surface area contributed by atoms with Crippen molar-refractivity contribution in [1.82, 2.24) is 5.32 Å². The fraction of sp³-hybridized carbons (Fsp3) is 0.533. The van der Waals surface area contributed by atoms with Crippen LogP contribution in [0.2, 0.25) is 0 Å². The first-order valence-corrected chi connectivity index (χ1v) is 7.69. The Bertz CT molecular complexity index is 484. The van der Waals surface area contributed by atoms with Crippen molar-refractivity contribution in [2.75, 3.05) is 12.9 Å². The molecular weight excluding hydrogens is 274 g/mol. The summed E-state index contributed by atoms with van der Waals surface area (Å²) in [5, 5.41) is 3.37. The van der Waals surface area contributed by atoms with Gasteiger partial charge in [-0.1, -0.05) is 18.2 Å². The second kappa shape index (κ2) is 6.06. The van der Waals surface area contributed by atoms with Crippen LogP contribution in [0.3, 0.4) is 0 Å². The fourth-order valence-corrected chi connectivity index (χ4v) is 3.29. The van der Waals surface area contributed by atoms with Crippen molar-refractivity contribution in [2.45, 2.75) is 37.8 Å². The lowest BCUT2D eigenvalue weighted by molar-refractivity contribution is -0.156. The Hall–Kier alpha value is -1.20. The lowest BCUT2D eigenvalue weighted by Gasteiger charge is -2.22. The molecule has 5 heteroatoms. The third kappa shape index (κ3) is 3.67. The molecule has 110 valence electrons. The Morgan fingerprint density at radius 2 is 2.05 bits per heavy atom. The number of hydrogen-bond donors (Lipinski definition) is 1. The number of carbonyl (C=O) groups excluding carboxylic acids is 1. The standard InChI is InChI=1S/C15H21NO3S/c1-15(2,3)19-14(17)11-9-20-13(16-11)10-7-5-6-8-12(10)18-4/h5-8,11,13,16H,9H2,1-4H3/t11-,13?/m0/s1. The van der Waals surface area contributed by atoms with Gasteiger partial charge in [0, 0.05) is 11.3 Å². The van der Waals surface area contributed by atoms with E-state index in [9.17, 15) is 4.79 Å². The van der Waals surface area contributed by atoms with Crippen LogP contribution in [0, 0.1) is 0 Å². The summed E-state index contributed by atoms with van der Waals surface area (Å²) >= 11 is 1.70. The van der Waals surface area contributed by atoms with Crippen molar-refractivity contribution in [3.8, 4) is 5.75 Å². The molecule has 1 fully saturated rings. The monoisotopic (exact) mass is 295 g/mol. The van der Waals surface area contributed by atoms with E-state index < -0.39 is 5.60 Å². The summed E-state index contributed by atoms with van der Waals surface area (Å²) in [5.74, 6) is 1.35. The smallest absolute Gasteiger partial charge is 0.324 e. The van der Waals surface area contributed by atoms with E-state index in [0.717, 1.165) is 11.3 Å². The van der Waals surface area contributed by atoms with E-state index in [1.54, 1.807) is 18.9 Å². The minimum atomic E-state index is -0.452. The van der Waals surface area contributed by atoms with Gasteiger partial charge in [-0.25, -0.2) is 0 Å². The highest BCUT2D eigenvalue weighted by Gasteiger charge is 2.34. The predicted molar refractivity (Wildman–Crippen MR) is 81.0 cm³/mol. The molecule has 0 amide bonds. The Kier molecular flexibility index (Phi) is 4.60. The van der Waals surface area contributed by atoms with Gasteiger partial charge < -0.3 is 9.47 Å². The quantitative estimate of drug-likeness (QED) is 0.869. The topological polar surface area (TPSA) is 47.6 Å². The van der Waals surface area contributed by atoms with Crippen molar-refractivity contribution in [1.29, 1.82) is 0 Å². The van der Waals surface area contributed by atoms with Crippen LogP contribution in [0.1, 0.15) is 31.7 Å². The van der Waals surface area contributed by atoms with Crippen molar-refractivity contribution in [2.24, 2.45) is 0 Å². The molecule has 1 N–H and O–H groups in total. The van der Waals surface area contributed by atoms with Gasteiger partial charge in [-0.05, 0) is 26.8 Å². The third-order valence-electron chi connectivity index (χ3n) is 2.89. The highest BCUT2D eigenvalue weighted by Crippen LogP contribution is 2.37. The van der Waals surface area contributed by atoms with Crippen LogP contribution in [-0.4, -0.2) is 30.5 Å². The van der Waals surface area contributed by atoms with Crippen molar-refractivity contribution in [3.63, 3.8) is 0 Å². The number of para-hydroxylation sites is 1. The molecule has 0 aliphatic carbocycles. The molecule has 1 aliphatic heterocycles. The van der Waals surface area contributed by atoms with Crippen molar-refractivity contribution < 1.29 is 14.3 Å². The molecule has 2 atom stereocenters. The van der Waals surface area contributed by atoms with Crippen LogP contribution in [0.25, 0.3) is 0 Å². The normalized spacial score (nSPS) is 22.6. The lowest BCUT2D eigenvalue weighted by atomic mass is 10.1. The molecule has 1 saturated heterocycles. The van der Waals surface area contributed by atoms with Crippen LogP contribution in [-0.2, 0) is 9.53 Å². The van der Waals surface area contributed by atoms with Gasteiger partial charge in [0.15, 0.2) is 0 Å². The molecule has 1 heterocycles. The number of esters is 1. The minimum absolute atomic E-state index is 0.0590. The Balaban J connectivity index is 2.04. The molecule has 1 aliphatic rings. The zero-order valence-electron chi connectivity index (χ0n) is 12.3. The van der Waals surface area contributed by atoms with E-state index in [2.05, 4.69) is 5.32 Å². The second-order valence-electron chi connectivity index (χ2n) is 5.71. The molecule has 0 radical (unpaired) electrons. The lowest BCUT2D eigenvalue weighted by Crippen LogP contribution is -2.39. The molecule has 1 unspecified atom stereocenters. The zero-order valence-corrected chi connectivity index (χ0v) is 13.1. The number of carbonyl (C=O) groups is 1. The van der Waals surface area contributed by atoms with Gasteiger partial charge in [0.25, 0.3) is 0 Å². The molecular formula is C15H21NO3S. The van der Waals surface area contributed by atoms with Gasteiger partial charge in [0.05, 0.1) is 12.5 Å². The first kappa shape index (κ1) is 15.2. The van der Waals surface area contributed by atoms with Gasteiger partial charge >= 0.3 is 5.97 Å². The van der Waals surface area contributed by atoms with Gasteiger partial charge in [-0.3, -0.25) is 10.1 Å². The summed E-state index contributed by atoms with van der Waals surface area (Å²) in [7, 11) is 1.66. The predicted octanol–water partition coefficient (Wildman–Crippen LogP) is 2.74. The van der Waals surface area contributed by atoms with Gasteiger partial charge in [-0.2, -0.15) is 0 Å². The summed E-state index contributed by atoms with van der Waals surface area (Å²) in [6.45, 7) is 5.64. The number of benzene rings is 1. The summed E-state index contributed by atoms with van der Waals surface area (Å²) in [6, 6.07) is 7.59. The van der Waals surface area contributed by atoms with E-state index in [-0.39, 0.29) is 17.4 Å². The SMILES string of the molecule is COc1ccccc1C1N[C@H](C(=O)OC(C)(C)C)CS1. The van der Waals surface area contributed by atoms with E-state index >= 15 is 0 Å². The van der Waals surface area contributed by atoms with E-state index in [4.69, 9.17) is 9.47 Å².